The van der Waals surface area contributed by atoms with Crippen molar-refractivity contribution in [2.45, 2.75) is 33.1 Å². The van der Waals surface area contributed by atoms with E-state index < -0.39 is 11.4 Å². The van der Waals surface area contributed by atoms with Crippen molar-refractivity contribution in [2.75, 3.05) is 0 Å². The minimum Gasteiger partial charge on any atom is -0.481 e. The van der Waals surface area contributed by atoms with Crippen molar-refractivity contribution in [1.29, 1.82) is 0 Å². The number of hydrogen-bond acceptors (Lipinski definition) is 1. The van der Waals surface area contributed by atoms with Gasteiger partial charge in [-0.3, -0.25) is 4.79 Å². The van der Waals surface area contributed by atoms with Gasteiger partial charge in [0.15, 0.2) is 0 Å². The van der Waals surface area contributed by atoms with Crippen LogP contribution in [0.2, 0.25) is 0 Å². The van der Waals surface area contributed by atoms with E-state index in [-0.39, 0.29) is 5.92 Å². The van der Waals surface area contributed by atoms with Gasteiger partial charge in [0.05, 0.1) is 5.41 Å². The molecule has 1 rings (SSSR count). The second kappa shape index (κ2) is 2.92. The average Bonchev–Trinajstić information content (AvgIpc) is 2.35. The normalized spacial score (nSPS) is 24.5. The summed E-state index contributed by atoms with van der Waals surface area (Å²) < 4.78 is 0. The van der Waals surface area contributed by atoms with Crippen LogP contribution in [0.25, 0.3) is 0 Å². The molecule has 1 atom stereocenters. The summed E-state index contributed by atoms with van der Waals surface area (Å²) in [7, 11) is 0. The van der Waals surface area contributed by atoms with Gasteiger partial charge in [-0.1, -0.05) is 12.2 Å². The molecule has 2 heteroatoms. The molecule has 1 N–H and O–H groups in total. The summed E-state index contributed by atoms with van der Waals surface area (Å²) in [5.41, 5.74) is 0.619. The van der Waals surface area contributed by atoms with Crippen molar-refractivity contribution in [3.8, 4) is 0 Å². The van der Waals surface area contributed by atoms with Crippen molar-refractivity contribution in [2.24, 2.45) is 11.3 Å². The maximum atomic E-state index is 10.9. The van der Waals surface area contributed by atoms with Gasteiger partial charge in [0.2, 0.25) is 0 Å². The molecule has 0 aromatic heterocycles. The van der Waals surface area contributed by atoms with Crippen LogP contribution >= 0.6 is 0 Å². The third kappa shape index (κ3) is 1.52. The Morgan fingerprint density at radius 2 is 2.25 bits per heavy atom. The summed E-state index contributed by atoms with van der Waals surface area (Å²) in [6.45, 7) is 7.49. The van der Waals surface area contributed by atoms with Crippen LogP contribution in [0, 0.1) is 11.3 Å². The highest BCUT2D eigenvalue weighted by atomic mass is 16.4. The third-order valence-corrected chi connectivity index (χ3v) is 2.95. The summed E-state index contributed by atoms with van der Waals surface area (Å²) >= 11 is 0. The largest absolute Gasteiger partial charge is 0.481 e. The molecule has 0 saturated heterocycles. The fourth-order valence-corrected chi connectivity index (χ4v) is 1.72. The van der Waals surface area contributed by atoms with E-state index in [4.69, 9.17) is 5.11 Å². The Morgan fingerprint density at radius 3 is 2.58 bits per heavy atom. The first-order valence-corrected chi connectivity index (χ1v) is 4.34. The van der Waals surface area contributed by atoms with Gasteiger partial charge >= 0.3 is 5.97 Å². The zero-order valence-electron chi connectivity index (χ0n) is 7.76. The van der Waals surface area contributed by atoms with E-state index in [2.05, 4.69) is 6.58 Å². The van der Waals surface area contributed by atoms with Crippen LogP contribution in [0.3, 0.4) is 0 Å². The molecule has 0 unspecified atom stereocenters. The number of rotatable bonds is 2. The molecule has 0 spiro atoms. The zero-order chi connectivity index (χ0) is 9.35. The van der Waals surface area contributed by atoms with Crippen LogP contribution in [0.15, 0.2) is 12.2 Å². The van der Waals surface area contributed by atoms with E-state index in [1.165, 1.54) is 5.57 Å². The number of allylic oxidation sites excluding steroid dienone is 1. The number of carboxylic acid groups (broad SMARTS) is 1. The topological polar surface area (TPSA) is 37.3 Å². The summed E-state index contributed by atoms with van der Waals surface area (Å²) in [6.07, 6.45) is 2.87. The molecule has 1 aliphatic rings. The highest BCUT2D eigenvalue weighted by Crippen LogP contribution is 2.41. The lowest BCUT2D eigenvalue weighted by atomic mass is 9.78. The minimum atomic E-state index is -0.692. The van der Waals surface area contributed by atoms with Crippen LogP contribution in [0.5, 0.6) is 0 Å². The van der Waals surface area contributed by atoms with Crippen LogP contribution in [0.1, 0.15) is 33.1 Å². The monoisotopic (exact) mass is 168 g/mol. The van der Waals surface area contributed by atoms with Gasteiger partial charge in [-0.25, -0.2) is 0 Å². The Balaban J connectivity index is 2.70. The molecule has 0 amide bonds. The first kappa shape index (κ1) is 9.30. The molecule has 0 aromatic rings. The summed E-state index contributed by atoms with van der Waals surface area (Å²) in [5.74, 6) is -0.412. The molecule has 0 bridgehead atoms. The average molecular weight is 168 g/mol. The van der Waals surface area contributed by atoms with Gasteiger partial charge < -0.3 is 5.11 Å². The van der Waals surface area contributed by atoms with Crippen LogP contribution in [-0.4, -0.2) is 11.1 Å². The second-order valence-corrected chi connectivity index (χ2v) is 4.22. The molecule has 0 aromatic carbocycles. The van der Waals surface area contributed by atoms with Gasteiger partial charge in [0, 0.05) is 0 Å². The molecule has 1 fully saturated rings. The second-order valence-electron chi connectivity index (χ2n) is 4.22. The Kier molecular flexibility index (Phi) is 2.27. The standard InChI is InChI=1S/C10H16O2/c1-7-4-5-8(6-7)10(2,3)9(11)12/h8H,1,4-6H2,2-3H3,(H,11,12)/t8-/m1/s1. The van der Waals surface area contributed by atoms with Crippen molar-refractivity contribution < 1.29 is 9.90 Å². The SMILES string of the molecule is C=C1CC[C@@H](C(C)(C)C(=O)O)C1. The Labute approximate surface area is 73.3 Å². The lowest BCUT2D eigenvalue weighted by Gasteiger charge is -2.26. The van der Waals surface area contributed by atoms with Crippen molar-refractivity contribution in [1.82, 2.24) is 0 Å². The van der Waals surface area contributed by atoms with E-state index in [1.54, 1.807) is 13.8 Å². The lowest BCUT2D eigenvalue weighted by Crippen LogP contribution is -2.31. The first-order chi connectivity index (χ1) is 5.44. The van der Waals surface area contributed by atoms with Gasteiger partial charge in [0.1, 0.15) is 0 Å². The highest BCUT2D eigenvalue weighted by molar-refractivity contribution is 5.74. The van der Waals surface area contributed by atoms with Gasteiger partial charge in [-0.15, -0.1) is 0 Å². The molecule has 1 aliphatic carbocycles. The molecule has 0 radical (unpaired) electrons. The lowest BCUT2D eigenvalue weighted by molar-refractivity contribution is -0.149. The zero-order valence-corrected chi connectivity index (χ0v) is 7.76. The number of aliphatic carboxylic acids is 1. The Morgan fingerprint density at radius 1 is 1.67 bits per heavy atom. The number of hydrogen-bond donors (Lipinski definition) is 1. The van der Waals surface area contributed by atoms with Crippen LogP contribution in [-0.2, 0) is 4.79 Å². The highest BCUT2D eigenvalue weighted by Gasteiger charge is 2.38. The van der Waals surface area contributed by atoms with E-state index in [0.29, 0.717) is 0 Å². The summed E-state index contributed by atoms with van der Waals surface area (Å²) in [6, 6.07) is 0. The number of carboxylic acids is 1. The van der Waals surface area contributed by atoms with Gasteiger partial charge in [-0.2, -0.15) is 0 Å². The quantitative estimate of drug-likeness (QED) is 0.643. The molecule has 68 valence electrons. The molecule has 0 aliphatic heterocycles. The smallest absolute Gasteiger partial charge is 0.309 e. The molecule has 1 saturated carbocycles. The Hall–Kier alpha value is -0.790. The van der Waals surface area contributed by atoms with Gasteiger partial charge in [0.25, 0.3) is 0 Å². The van der Waals surface area contributed by atoms with Crippen molar-refractivity contribution in [3.05, 3.63) is 12.2 Å². The summed E-state index contributed by atoms with van der Waals surface area (Å²) in [5, 5.41) is 8.96. The molecular weight excluding hydrogens is 152 g/mol. The minimum absolute atomic E-state index is 0.280. The Bertz CT molecular complexity index is 216. The fourth-order valence-electron chi connectivity index (χ4n) is 1.72. The number of carbonyl (C=O) groups is 1. The van der Waals surface area contributed by atoms with Crippen molar-refractivity contribution in [3.63, 3.8) is 0 Å². The van der Waals surface area contributed by atoms with Crippen LogP contribution in [0.4, 0.5) is 0 Å². The maximum absolute atomic E-state index is 10.9. The first-order valence-electron chi connectivity index (χ1n) is 4.34. The molecule has 0 heterocycles. The van der Waals surface area contributed by atoms with E-state index >= 15 is 0 Å². The predicted octanol–water partition coefficient (Wildman–Crippen LogP) is 2.45. The van der Waals surface area contributed by atoms with E-state index in [0.717, 1.165) is 19.3 Å². The maximum Gasteiger partial charge on any atom is 0.309 e. The summed E-state index contributed by atoms with van der Waals surface area (Å²) in [4.78, 5) is 10.9. The van der Waals surface area contributed by atoms with Crippen LogP contribution < -0.4 is 0 Å². The predicted molar refractivity (Wildman–Crippen MR) is 47.9 cm³/mol. The van der Waals surface area contributed by atoms with Crippen molar-refractivity contribution >= 4 is 5.97 Å². The van der Waals surface area contributed by atoms with E-state index in [9.17, 15) is 4.79 Å². The van der Waals surface area contributed by atoms with Gasteiger partial charge in [-0.05, 0) is 39.0 Å². The molecular formula is C10H16O2. The van der Waals surface area contributed by atoms with E-state index in [1.807, 2.05) is 0 Å². The molecule has 2 nitrogen and oxygen atoms in total. The fraction of sp³-hybridized carbons (Fsp3) is 0.700. The third-order valence-electron chi connectivity index (χ3n) is 2.95. The molecule has 12 heavy (non-hydrogen) atoms.